The minimum Gasteiger partial charge on any atom is -0.391 e. The molecular weight excluding hydrogens is 418 g/mol. The molecule has 7 heteroatoms. The summed E-state index contributed by atoms with van der Waals surface area (Å²) in [4.78, 5) is 30.9. The summed E-state index contributed by atoms with van der Waals surface area (Å²) in [7, 11) is 0. The molecule has 1 N–H and O–H groups in total. The first-order chi connectivity index (χ1) is 15.9. The Bertz CT molecular complexity index is 1020. The van der Waals surface area contributed by atoms with Crippen molar-refractivity contribution < 1.29 is 19.2 Å². The summed E-state index contributed by atoms with van der Waals surface area (Å²) < 4.78 is 5.34. The molecule has 1 aromatic heterocycles. The predicted octanol–water partition coefficient (Wildman–Crippen LogP) is 3.76. The van der Waals surface area contributed by atoms with Gasteiger partial charge in [-0.15, -0.1) is 0 Å². The fourth-order valence-electron chi connectivity index (χ4n) is 5.53. The smallest absolute Gasteiger partial charge is 0.292 e. The summed E-state index contributed by atoms with van der Waals surface area (Å²) in [6.45, 7) is 5.56. The Hall–Kier alpha value is -2.67. The van der Waals surface area contributed by atoms with Crippen LogP contribution in [0.15, 0.2) is 40.9 Å². The number of aliphatic hydroxyl groups excluding tert-OH is 1. The molecule has 0 bridgehead atoms. The van der Waals surface area contributed by atoms with Crippen molar-refractivity contribution in [3.8, 4) is 0 Å². The van der Waals surface area contributed by atoms with Gasteiger partial charge in [0, 0.05) is 25.7 Å². The van der Waals surface area contributed by atoms with E-state index < -0.39 is 11.5 Å². The lowest BCUT2D eigenvalue weighted by molar-refractivity contribution is -0.164. The Morgan fingerprint density at radius 3 is 2.70 bits per heavy atom. The van der Waals surface area contributed by atoms with Gasteiger partial charge in [-0.1, -0.05) is 49.3 Å². The molecule has 0 radical (unpaired) electrons. The highest BCUT2D eigenvalue weighted by Gasteiger charge is 2.54. The first-order valence-electron chi connectivity index (χ1n) is 12.2. The number of hydrogen-bond donors (Lipinski definition) is 1. The van der Waals surface area contributed by atoms with Crippen LogP contribution in [0.3, 0.4) is 0 Å². The molecular formula is C26H33N3O4. The van der Waals surface area contributed by atoms with Gasteiger partial charge in [0.2, 0.25) is 11.7 Å². The molecule has 2 aliphatic heterocycles. The second kappa shape index (κ2) is 8.60. The van der Waals surface area contributed by atoms with Gasteiger partial charge < -0.3 is 19.4 Å². The van der Waals surface area contributed by atoms with Crippen molar-refractivity contribution in [2.45, 2.75) is 64.0 Å². The van der Waals surface area contributed by atoms with Crippen LogP contribution in [0.2, 0.25) is 0 Å². The average molecular weight is 452 g/mol. The molecule has 3 heterocycles. The van der Waals surface area contributed by atoms with E-state index in [9.17, 15) is 14.7 Å². The summed E-state index contributed by atoms with van der Waals surface area (Å²) in [6, 6.07) is 11.2. The maximum absolute atomic E-state index is 14.0. The van der Waals surface area contributed by atoms with E-state index in [2.05, 4.69) is 5.16 Å². The number of piperidine rings is 2. The molecule has 1 aliphatic carbocycles. The molecule has 2 amide bonds. The summed E-state index contributed by atoms with van der Waals surface area (Å²) >= 11 is 0. The molecule has 3 atom stereocenters. The summed E-state index contributed by atoms with van der Waals surface area (Å²) in [5.74, 6) is 0.745. The lowest BCUT2D eigenvalue weighted by Crippen LogP contribution is -2.61. The molecule has 7 nitrogen and oxygen atoms in total. The molecule has 3 aliphatic rings. The van der Waals surface area contributed by atoms with Gasteiger partial charge >= 0.3 is 0 Å². The Morgan fingerprint density at radius 1 is 1.27 bits per heavy atom. The van der Waals surface area contributed by atoms with E-state index in [0.717, 1.165) is 30.5 Å². The van der Waals surface area contributed by atoms with Crippen LogP contribution in [0.4, 0.5) is 0 Å². The number of likely N-dealkylation sites (tertiary alicyclic amines) is 2. The molecule has 176 valence electrons. The number of amides is 2. The fraction of sp³-hybridized carbons (Fsp3) is 0.577. The third-order valence-corrected chi connectivity index (χ3v) is 7.50. The lowest BCUT2D eigenvalue weighted by atomic mass is 9.69. The molecule has 5 rings (SSSR count). The molecule has 2 aromatic rings. The molecule has 33 heavy (non-hydrogen) atoms. The zero-order valence-corrected chi connectivity index (χ0v) is 19.4. The van der Waals surface area contributed by atoms with Gasteiger partial charge in [-0.05, 0) is 49.5 Å². The first-order valence-corrected chi connectivity index (χ1v) is 12.2. The summed E-state index contributed by atoms with van der Waals surface area (Å²) in [6.07, 6.45) is 3.36. The van der Waals surface area contributed by atoms with Crippen molar-refractivity contribution >= 4 is 11.8 Å². The standard InChI is InChI=1S/C26H33N3O4/c1-17(2)20-13-22(33-27-20)24(31)28-12-6-11-26(16-28)14-21(30)23(19-7-4-3-5-8-19)29(25(26)32)15-18-9-10-18/h3-5,7-8,13,17-18,21,23,30H,6,9-12,14-16H2,1-2H3/t21-,23+,26-/m1/s1. The molecule has 2 saturated heterocycles. The minimum atomic E-state index is -0.756. The fourth-order valence-corrected chi connectivity index (χ4v) is 5.53. The van der Waals surface area contributed by atoms with Crippen LogP contribution in [0.5, 0.6) is 0 Å². The highest BCUT2D eigenvalue weighted by molar-refractivity contribution is 5.93. The van der Waals surface area contributed by atoms with E-state index >= 15 is 0 Å². The zero-order chi connectivity index (χ0) is 23.2. The van der Waals surface area contributed by atoms with Crippen molar-refractivity contribution in [2.75, 3.05) is 19.6 Å². The summed E-state index contributed by atoms with van der Waals surface area (Å²) in [5.41, 5.74) is 0.963. The summed E-state index contributed by atoms with van der Waals surface area (Å²) in [5, 5.41) is 15.4. The van der Waals surface area contributed by atoms with E-state index in [0.29, 0.717) is 38.4 Å². The van der Waals surface area contributed by atoms with Gasteiger partial charge in [0.1, 0.15) is 0 Å². The molecule has 0 unspecified atom stereocenters. The SMILES string of the molecule is CC(C)c1cc(C(=O)N2CCC[C@@]3(C[C@@H](O)[C@H](c4ccccc4)N(CC4CC4)C3=O)C2)on1. The number of aliphatic hydroxyl groups is 1. The number of rotatable bonds is 5. The third-order valence-electron chi connectivity index (χ3n) is 7.50. The number of benzene rings is 1. The van der Waals surface area contributed by atoms with Crippen LogP contribution in [0.1, 0.15) is 79.7 Å². The maximum atomic E-state index is 14.0. The van der Waals surface area contributed by atoms with E-state index in [1.54, 1.807) is 11.0 Å². The maximum Gasteiger partial charge on any atom is 0.292 e. The second-order valence-corrected chi connectivity index (χ2v) is 10.4. The van der Waals surface area contributed by atoms with Crippen molar-refractivity contribution in [2.24, 2.45) is 11.3 Å². The molecule has 1 saturated carbocycles. The Balaban J connectivity index is 1.41. The minimum absolute atomic E-state index is 0.0755. The van der Waals surface area contributed by atoms with E-state index in [1.807, 2.05) is 49.1 Å². The third kappa shape index (κ3) is 4.19. The number of nitrogens with zero attached hydrogens (tertiary/aromatic N) is 3. The van der Waals surface area contributed by atoms with Gasteiger partial charge in [0.15, 0.2) is 0 Å². The van der Waals surface area contributed by atoms with Crippen LogP contribution >= 0.6 is 0 Å². The topological polar surface area (TPSA) is 86.9 Å². The second-order valence-electron chi connectivity index (χ2n) is 10.4. The van der Waals surface area contributed by atoms with Gasteiger partial charge in [-0.3, -0.25) is 9.59 Å². The van der Waals surface area contributed by atoms with Gasteiger partial charge in [0.25, 0.3) is 5.91 Å². The van der Waals surface area contributed by atoms with Crippen molar-refractivity contribution in [1.29, 1.82) is 0 Å². The van der Waals surface area contributed by atoms with Crippen molar-refractivity contribution in [3.63, 3.8) is 0 Å². The number of carbonyl (C=O) groups excluding carboxylic acids is 2. The number of carbonyl (C=O) groups is 2. The van der Waals surface area contributed by atoms with Gasteiger partial charge in [-0.2, -0.15) is 0 Å². The van der Waals surface area contributed by atoms with Crippen molar-refractivity contribution in [1.82, 2.24) is 15.0 Å². The highest BCUT2D eigenvalue weighted by Crippen LogP contribution is 2.47. The molecule has 1 spiro atoms. The van der Waals surface area contributed by atoms with Crippen LogP contribution in [-0.4, -0.2) is 57.6 Å². The number of hydrogen-bond acceptors (Lipinski definition) is 5. The predicted molar refractivity (Wildman–Crippen MR) is 122 cm³/mol. The Kier molecular flexibility index (Phi) is 5.77. The normalized spacial score (nSPS) is 28.1. The van der Waals surface area contributed by atoms with Crippen LogP contribution in [0.25, 0.3) is 0 Å². The quantitative estimate of drug-likeness (QED) is 0.748. The van der Waals surface area contributed by atoms with E-state index in [4.69, 9.17) is 4.52 Å². The molecule has 3 fully saturated rings. The number of aromatic nitrogens is 1. The van der Waals surface area contributed by atoms with E-state index in [-0.39, 0.29) is 29.5 Å². The van der Waals surface area contributed by atoms with Gasteiger partial charge in [0.05, 0.1) is 23.3 Å². The van der Waals surface area contributed by atoms with Crippen LogP contribution in [-0.2, 0) is 4.79 Å². The largest absolute Gasteiger partial charge is 0.391 e. The lowest BCUT2D eigenvalue weighted by Gasteiger charge is -2.52. The zero-order valence-electron chi connectivity index (χ0n) is 19.4. The Morgan fingerprint density at radius 2 is 2.03 bits per heavy atom. The highest BCUT2D eigenvalue weighted by atomic mass is 16.5. The van der Waals surface area contributed by atoms with Crippen LogP contribution in [0, 0.1) is 11.3 Å². The average Bonchev–Trinajstić information content (AvgIpc) is 3.49. The van der Waals surface area contributed by atoms with Crippen LogP contribution < -0.4 is 0 Å². The molecule has 1 aromatic carbocycles. The van der Waals surface area contributed by atoms with Gasteiger partial charge in [-0.25, -0.2) is 0 Å². The first kappa shape index (κ1) is 22.1. The monoisotopic (exact) mass is 451 g/mol. The van der Waals surface area contributed by atoms with Crippen molar-refractivity contribution in [3.05, 3.63) is 53.4 Å². The van der Waals surface area contributed by atoms with E-state index in [1.165, 1.54) is 0 Å². The Labute approximate surface area is 194 Å².